The number of aliphatic carboxylic acids is 1. The number of carboxylic acid groups (broad SMARTS) is 1. The van der Waals surface area contributed by atoms with E-state index in [1.165, 1.54) is 0 Å². The summed E-state index contributed by atoms with van der Waals surface area (Å²) >= 11 is 0. The molecule has 0 saturated carbocycles. The molecular weight excluding hydrogens is 220 g/mol. The standard InChI is InChI=1S/C12H22N2O3/c1-12(2,3)9(11(16)17)10(15)14-6-4-5-8(13)7-14/h8-9H,4-7,13H2,1-3H3,(H,16,17). The number of rotatable bonds is 2. The van der Waals surface area contributed by atoms with E-state index in [2.05, 4.69) is 0 Å². The van der Waals surface area contributed by atoms with Crippen molar-refractivity contribution in [2.24, 2.45) is 17.1 Å². The number of hydrogen-bond acceptors (Lipinski definition) is 3. The first-order chi connectivity index (χ1) is 7.73. The molecule has 0 bridgehead atoms. The van der Waals surface area contributed by atoms with E-state index < -0.39 is 17.3 Å². The van der Waals surface area contributed by atoms with E-state index in [0.29, 0.717) is 13.1 Å². The molecule has 98 valence electrons. The molecule has 3 N–H and O–H groups in total. The Kier molecular flexibility index (Phi) is 4.14. The molecule has 0 spiro atoms. The van der Waals surface area contributed by atoms with Crippen molar-refractivity contribution in [2.75, 3.05) is 13.1 Å². The minimum atomic E-state index is -1.05. The first-order valence-corrected chi connectivity index (χ1v) is 6.00. The molecular formula is C12H22N2O3. The Morgan fingerprint density at radius 2 is 2.00 bits per heavy atom. The number of carbonyl (C=O) groups is 2. The minimum Gasteiger partial charge on any atom is -0.481 e. The third-order valence-corrected chi connectivity index (χ3v) is 3.13. The first kappa shape index (κ1) is 14.0. The van der Waals surface area contributed by atoms with Crippen LogP contribution >= 0.6 is 0 Å². The number of carbonyl (C=O) groups excluding carboxylic acids is 1. The van der Waals surface area contributed by atoms with Crippen LogP contribution in [0.5, 0.6) is 0 Å². The van der Waals surface area contributed by atoms with Crippen LogP contribution in [0.3, 0.4) is 0 Å². The average Bonchev–Trinajstić information content (AvgIpc) is 2.14. The molecule has 0 radical (unpaired) electrons. The Morgan fingerprint density at radius 1 is 1.41 bits per heavy atom. The molecule has 5 heteroatoms. The van der Waals surface area contributed by atoms with Gasteiger partial charge < -0.3 is 15.7 Å². The van der Waals surface area contributed by atoms with Crippen LogP contribution in [-0.2, 0) is 9.59 Å². The molecule has 1 heterocycles. The molecule has 1 saturated heterocycles. The van der Waals surface area contributed by atoms with Gasteiger partial charge in [-0.05, 0) is 18.3 Å². The van der Waals surface area contributed by atoms with Crippen molar-refractivity contribution in [2.45, 2.75) is 39.7 Å². The second-order valence-electron chi connectivity index (χ2n) is 5.82. The van der Waals surface area contributed by atoms with Crippen molar-refractivity contribution in [1.82, 2.24) is 4.90 Å². The van der Waals surface area contributed by atoms with E-state index in [1.54, 1.807) is 25.7 Å². The third kappa shape index (κ3) is 3.43. The highest BCUT2D eigenvalue weighted by molar-refractivity contribution is 5.97. The maximum Gasteiger partial charge on any atom is 0.316 e. The van der Waals surface area contributed by atoms with E-state index in [1.807, 2.05) is 0 Å². The molecule has 17 heavy (non-hydrogen) atoms. The van der Waals surface area contributed by atoms with Gasteiger partial charge in [0.2, 0.25) is 5.91 Å². The fourth-order valence-electron chi connectivity index (χ4n) is 2.24. The Morgan fingerprint density at radius 3 is 2.41 bits per heavy atom. The van der Waals surface area contributed by atoms with Crippen molar-refractivity contribution >= 4 is 11.9 Å². The van der Waals surface area contributed by atoms with E-state index in [0.717, 1.165) is 12.8 Å². The second-order valence-corrected chi connectivity index (χ2v) is 5.82. The van der Waals surface area contributed by atoms with Crippen LogP contribution in [-0.4, -0.2) is 41.0 Å². The lowest BCUT2D eigenvalue weighted by Crippen LogP contribution is -2.51. The topological polar surface area (TPSA) is 83.6 Å². The molecule has 1 rings (SSSR count). The van der Waals surface area contributed by atoms with E-state index in [-0.39, 0.29) is 11.9 Å². The summed E-state index contributed by atoms with van der Waals surface area (Å²) in [5, 5.41) is 9.20. The molecule has 2 atom stereocenters. The van der Waals surface area contributed by atoms with Gasteiger partial charge in [-0.3, -0.25) is 9.59 Å². The Balaban J connectivity index is 2.81. The van der Waals surface area contributed by atoms with Crippen molar-refractivity contribution < 1.29 is 14.7 Å². The van der Waals surface area contributed by atoms with Crippen LogP contribution in [0.2, 0.25) is 0 Å². The molecule has 0 aromatic rings. The van der Waals surface area contributed by atoms with Gasteiger partial charge >= 0.3 is 5.97 Å². The number of nitrogens with two attached hydrogens (primary N) is 1. The lowest BCUT2D eigenvalue weighted by Gasteiger charge is -2.36. The summed E-state index contributed by atoms with van der Waals surface area (Å²) in [6.45, 7) is 6.40. The number of nitrogens with zero attached hydrogens (tertiary/aromatic N) is 1. The fourth-order valence-corrected chi connectivity index (χ4v) is 2.24. The molecule has 1 fully saturated rings. The zero-order valence-electron chi connectivity index (χ0n) is 10.8. The van der Waals surface area contributed by atoms with Crippen LogP contribution in [0.15, 0.2) is 0 Å². The monoisotopic (exact) mass is 242 g/mol. The smallest absolute Gasteiger partial charge is 0.316 e. The maximum atomic E-state index is 12.2. The summed E-state index contributed by atoms with van der Waals surface area (Å²) in [6.07, 6.45) is 1.75. The number of piperidine rings is 1. The highest BCUT2D eigenvalue weighted by Crippen LogP contribution is 2.28. The zero-order chi connectivity index (χ0) is 13.2. The van der Waals surface area contributed by atoms with Gasteiger partial charge in [-0.25, -0.2) is 0 Å². The van der Waals surface area contributed by atoms with Crippen molar-refractivity contribution in [3.63, 3.8) is 0 Å². The van der Waals surface area contributed by atoms with E-state index in [4.69, 9.17) is 5.73 Å². The predicted molar refractivity (Wildman–Crippen MR) is 64.4 cm³/mol. The Labute approximate surface area is 102 Å². The largest absolute Gasteiger partial charge is 0.481 e. The van der Waals surface area contributed by atoms with Crippen LogP contribution < -0.4 is 5.73 Å². The molecule has 5 nitrogen and oxygen atoms in total. The van der Waals surface area contributed by atoms with Gasteiger partial charge in [-0.2, -0.15) is 0 Å². The van der Waals surface area contributed by atoms with Crippen molar-refractivity contribution in [1.29, 1.82) is 0 Å². The van der Waals surface area contributed by atoms with Gasteiger partial charge in [0.15, 0.2) is 0 Å². The van der Waals surface area contributed by atoms with Crippen LogP contribution in [0.25, 0.3) is 0 Å². The molecule has 1 amide bonds. The van der Waals surface area contributed by atoms with Gasteiger partial charge in [-0.1, -0.05) is 20.8 Å². The summed E-state index contributed by atoms with van der Waals surface area (Å²) in [7, 11) is 0. The highest BCUT2D eigenvalue weighted by Gasteiger charge is 2.40. The van der Waals surface area contributed by atoms with Gasteiger partial charge in [-0.15, -0.1) is 0 Å². The van der Waals surface area contributed by atoms with E-state index >= 15 is 0 Å². The third-order valence-electron chi connectivity index (χ3n) is 3.13. The molecule has 0 aliphatic carbocycles. The van der Waals surface area contributed by atoms with Crippen LogP contribution in [0.4, 0.5) is 0 Å². The Hall–Kier alpha value is -1.10. The quantitative estimate of drug-likeness (QED) is 0.698. The first-order valence-electron chi connectivity index (χ1n) is 6.00. The Bertz CT molecular complexity index is 309. The lowest BCUT2D eigenvalue weighted by molar-refractivity contribution is -0.156. The van der Waals surface area contributed by atoms with Gasteiger partial charge in [0.1, 0.15) is 5.92 Å². The predicted octanol–water partition coefficient (Wildman–Crippen LogP) is 0.683. The maximum absolute atomic E-state index is 12.2. The summed E-state index contributed by atoms with van der Waals surface area (Å²) < 4.78 is 0. The van der Waals surface area contributed by atoms with Crippen LogP contribution in [0, 0.1) is 11.3 Å². The highest BCUT2D eigenvalue weighted by atomic mass is 16.4. The summed E-state index contributed by atoms with van der Waals surface area (Å²) in [4.78, 5) is 25.0. The van der Waals surface area contributed by atoms with Gasteiger partial charge in [0.25, 0.3) is 0 Å². The number of amides is 1. The molecule has 0 aromatic heterocycles. The lowest BCUT2D eigenvalue weighted by atomic mass is 9.79. The number of likely N-dealkylation sites (tertiary alicyclic amines) is 1. The average molecular weight is 242 g/mol. The SMILES string of the molecule is CC(C)(C)C(C(=O)O)C(=O)N1CCCC(N)C1. The van der Waals surface area contributed by atoms with Crippen molar-refractivity contribution in [3.05, 3.63) is 0 Å². The molecule has 1 aliphatic heterocycles. The van der Waals surface area contributed by atoms with Crippen molar-refractivity contribution in [3.8, 4) is 0 Å². The summed E-state index contributed by atoms with van der Waals surface area (Å²) in [5.74, 6) is -2.35. The number of carboxylic acids is 1. The van der Waals surface area contributed by atoms with E-state index in [9.17, 15) is 14.7 Å². The van der Waals surface area contributed by atoms with Gasteiger partial charge in [0, 0.05) is 19.1 Å². The molecule has 1 aliphatic rings. The summed E-state index contributed by atoms with van der Waals surface area (Å²) in [6, 6.07) is -0.0258. The normalized spacial score (nSPS) is 23.3. The minimum absolute atomic E-state index is 0.0258. The van der Waals surface area contributed by atoms with Crippen LogP contribution in [0.1, 0.15) is 33.6 Å². The summed E-state index contributed by atoms with van der Waals surface area (Å²) in [5.41, 5.74) is 5.23. The second kappa shape index (κ2) is 5.04. The molecule has 0 aromatic carbocycles. The number of hydrogen-bond donors (Lipinski definition) is 2. The van der Waals surface area contributed by atoms with Gasteiger partial charge in [0.05, 0.1) is 0 Å². The fraction of sp³-hybridized carbons (Fsp3) is 0.833. The molecule has 2 unspecified atom stereocenters. The zero-order valence-corrected chi connectivity index (χ0v) is 10.8.